The zero-order valence-electron chi connectivity index (χ0n) is 9.26. The Morgan fingerprint density at radius 1 is 1.20 bits per heavy atom. The lowest BCUT2D eigenvalue weighted by molar-refractivity contribution is 0.174. The van der Waals surface area contributed by atoms with Crippen molar-refractivity contribution in [2.24, 2.45) is 0 Å². The first-order valence-corrected chi connectivity index (χ1v) is 6.51. The second kappa shape index (κ2) is 3.92. The van der Waals surface area contributed by atoms with E-state index in [0.29, 0.717) is 11.9 Å². The molecule has 15 heavy (non-hydrogen) atoms. The molecule has 0 saturated heterocycles. The summed E-state index contributed by atoms with van der Waals surface area (Å²) in [5, 5.41) is 2.88. The lowest BCUT2D eigenvalue weighted by atomic mass is 10.3. The molecule has 1 heterocycles. The van der Waals surface area contributed by atoms with E-state index in [1.807, 2.05) is 6.07 Å². The van der Waals surface area contributed by atoms with Crippen LogP contribution < -0.4 is 20.1 Å². The smallest absolute Gasteiger partial charge is 0.231 e. The maximum Gasteiger partial charge on any atom is 0.231 e. The monoisotopic (exact) mass is 242 g/mol. The van der Waals surface area contributed by atoms with Gasteiger partial charge in [0.05, 0.1) is 0 Å². The fourth-order valence-electron chi connectivity index (χ4n) is 1.47. The summed E-state index contributed by atoms with van der Waals surface area (Å²) in [6.07, 6.45) is 0. The molecule has 0 bridgehead atoms. The van der Waals surface area contributed by atoms with Gasteiger partial charge in [0.1, 0.15) is 0 Å². The summed E-state index contributed by atoms with van der Waals surface area (Å²) in [5.74, 6) is 1.75. The van der Waals surface area contributed by atoms with E-state index in [-0.39, 0.29) is 0 Å². The quantitative estimate of drug-likeness (QED) is 0.701. The molecule has 0 radical (unpaired) electrons. The van der Waals surface area contributed by atoms with E-state index in [9.17, 15) is 0 Å². The highest BCUT2D eigenvalue weighted by atomic mass is 31.1. The summed E-state index contributed by atoms with van der Waals surface area (Å²) in [7, 11) is 3.55. The molecule has 0 saturated carbocycles. The normalized spacial score (nSPS) is 15.2. The molecular formula is C11H16O2P2. The molecule has 0 aromatic heterocycles. The first kappa shape index (κ1) is 11.2. The third kappa shape index (κ3) is 2.62. The molecule has 2 unspecified atom stereocenters. The molecule has 2 atom stereocenters. The van der Waals surface area contributed by atoms with Crippen LogP contribution in [0.4, 0.5) is 0 Å². The van der Waals surface area contributed by atoms with Crippen LogP contribution in [0, 0.1) is 0 Å². The van der Waals surface area contributed by atoms with Gasteiger partial charge in [0, 0.05) is 0 Å². The molecule has 0 spiro atoms. The number of ether oxygens (including phenoxy) is 2. The molecule has 1 aromatic rings. The Kier molecular flexibility index (Phi) is 2.92. The molecule has 4 heteroatoms. The van der Waals surface area contributed by atoms with Crippen molar-refractivity contribution >= 4 is 28.4 Å². The minimum atomic E-state index is 0.318. The van der Waals surface area contributed by atoms with Gasteiger partial charge in [-0.2, -0.15) is 0 Å². The second-order valence-corrected chi connectivity index (χ2v) is 7.58. The van der Waals surface area contributed by atoms with Crippen LogP contribution >= 0.6 is 17.8 Å². The van der Waals surface area contributed by atoms with E-state index in [0.717, 1.165) is 20.1 Å². The van der Waals surface area contributed by atoms with E-state index in [1.165, 1.54) is 10.6 Å². The van der Waals surface area contributed by atoms with Gasteiger partial charge in [0.2, 0.25) is 6.79 Å². The van der Waals surface area contributed by atoms with Gasteiger partial charge in [-0.3, -0.25) is 0 Å². The molecule has 2 nitrogen and oxygen atoms in total. The first-order chi connectivity index (χ1) is 6.96. The van der Waals surface area contributed by atoms with Gasteiger partial charge < -0.3 is 9.47 Å². The van der Waals surface area contributed by atoms with Crippen LogP contribution in [0.25, 0.3) is 0 Å². The highest BCUT2D eigenvalue weighted by Crippen LogP contribution is 2.35. The molecule has 2 rings (SSSR count). The predicted molar refractivity (Wildman–Crippen MR) is 69.6 cm³/mol. The standard InChI is InChI=1S/C11H16O2P2/c1-11(2,3)15-10-5-8-7(4-9(10)14)12-6-13-8/h4-5,15H,6,14H2,1-3H3. The van der Waals surface area contributed by atoms with Crippen molar-refractivity contribution in [2.75, 3.05) is 6.79 Å². The number of hydrogen-bond acceptors (Lipinski definition) is 2. The minimum absolute atomic E-state index is 0.318. The average Bonchev–Trinajstić information content (AvgIpc) is 2.49. The summed E-state index contributed by atoms with van der Waals surface area (Å²) in [4.78, 5) is 0. The van der Waals surface area contributed by atoms with Gasteiger partial charge >= 0.3 is 0 Å². The van der Waals surface area contributed by atoms with Crippen molar-refractivity contribution in [1.29, 1.82) is 0 Å². The number of benzene rings is 1. The molecule has 1 aromatic carbocycles. The van der Waals surface area contributed by atoms with Gasteiger partial charge in [0.15, 0.2) is 11.5 Å². The Morgan fingerprint density at radius 2 is 1.80 bits per heavy atom. The van der Waals surface area contributed by atoms with E-state index < -0.39 is 0 Å². The van der Waals surface area contributed by atoms with Crippen LogP contribution in [0.5, 0.6) is 11.5 Å². The van der Waals surface area contributed by atoms with E-state index in [4.69, 9.17) is 9.47 Å². The fraction of sp³-hybridized carbons (Fsp3) is 0.455. The van der Waals surface area contributed by atoms with Crippen LogP contribution in [0.3, 0.4) is 0 Å². The fourth-order valence-corrected chi connectivity index (χ4v) is 3.15. The van der Waals surface area contributed by atoms with Crippen LogP contribution in [-0.2, 0) is 0 Å². The molecule has 0 fully saturated rings. The van der Waals surface area contributed by atoms with E-state index in [2.05, 4.69) is 36.1 Å². The molecule has 82 valence electrons. The second-order valence-electron chi connectivity index (χ2n) is 4.67. The third-order valence-corrected chi connectivity index (χ3v) is 4.27. The lowest BCUT2D eigenvalue weighted by Gasteiger charge is -2.19. The van der Waals surface area contributed by atoms with E-state index >= 15 is 0 Å². The van der Waals surface area contributed by atoms with Crippen molar-refractivity contribution in [2.45, 2.75) is 25.9 Å². The van der Waals surface area contributed by atoms with Crippen molar-refractivity contribution in [3.05, 3.63) is 12.1 Å². The number of hydrogen-bond donors (Lipinski definition) is 0. The highest BCUT2D eigenvalue weighted by molar-refractivity contribution is 7.51. The molecule has 0 aliphatic carbocycles. The summed E-state index contributed by atoms with van der Waals surface area (Å²) in [5.41, 5.74) is 0. The van der Waals surface area contributed by atoms with Crippen LogP contribution in [0.1, 0.15) is 20.8 Å². The Hall–Kier alpha value is -0.320. The topological polar surface area (TPSA) is 18.5 Å². The SMILES string of the molecule is CC(C)(C)Pc1cc2c(cc1P)OCO2. The maximum atomic E-state index is 5.38. The Morgan fingerprint density at radius 3 is 2.40 bits per heavy atom. The van der Waals surface area contributed by atoms with Crippen LogP contribution in [-0.4, -0.2) is 11.9 Å². The minimum Gasteiger partial charge on any atom is -0.454 e. The van der Waals surface area contributed by atoms with Gasteiger partial charge in [-0.05, 0) is 27.9 Å². The lowest BCUT2D eigenvalue weighted by Crippen LogP contribution is -2.20. The first-order valence-electron chi connectivity index (χ1n) is 4.93. The summed E-state index contributed by atoms with van der Waals surface area (Å²) >= 11 is 0. The Bertz CT molecular complexity index is 383. The average molecular weight is 242 g/mol. The van der Waals surface area contributed by atoms with Crippen LogP contribution in [0.2, 0.25) is 0 Å². The van der Waals surface area contributed by atoms with Crippen LogP contribution in [0.15, 0.2) is 12.1 Å². The van der Waals surface area contributed by atoms with Crippen molar-refractivity contribution in [3.63, 3.8) is 0 Å². The zero-order valence-corrected chi connectivity index (χ0v) is 11.4. The molecular weight excluding hydrogens is 226 g/mol. The van der Waals surface area contributed by atoms with Crippen molar-refractivity contribution < 1.29 is 9.47 Å². The van der Waals surface area contributed by atoms with Crippen molar-refractivity contribution in [3.8, 4) is 11.5 Å². The highest BCUT2D eigenvalue weighted by Gasteiger charge is 2.19. The van der Waals surface area contributed by atoms with E-state index in [1.54, 1.807) is 0 Å². The Labute approximate surface area is 94.7 Å². The molecule has 1 aliphatic rings. The molecule has 1 aliphatic heterocycles. The maximum absolute atomic E-state index is 5.38. The summed E-state index contributed by atoms with van der Waals surface area (Å²) < 4.78 is 10.7. The van der Waals surface area contributed by atoms with Crippen molar-refractivity contribution in [1.82, 2.24) is 0 Å². The van der Waals surface area contributed by atoms with Gasteiger partial charge in [-0.15, -0.1) is 9.24 Å². The van der Waals surface area contributed by atoms with Gasteiger partial charge in [0.25, 0.3) is 0 Å². The van der Waals surface area contributed by atoms with Gasteiger partial charge in [-0.1, -0.05) is 29.4 Å². The summed E-state index contributed by atoms with van der Waals surface area (Å²) in [6.45, 7) is 7.10. The largest absolute Gasteiger partial charge is 0.454 e. The predicted octanol–water partition coefficient (Wildman–Crippen LogP) is 2.02. The Balaban J connectivity index is 2.33. The molecule has 0 N–H and O–H groups in total. The molecule has 0 amide bonds. The number of rotatable bonds is 1. The van der Waals surface area contributed by atoms with Gasteiger partial charge in [-0.25, -0.2) is 0 Å². The zero-order chi connectivity index (χ0) is 11.1. The number of fused-ring (bicyclic) bond motifs is 1. The summed E-state index contributed by atoms with van der Waals surface area (Å²) in [6, 6.07) is 4.15. The third-order valence-electron chi connectivity index (χ3n) is 2.05.